The van der Waals surface area contributed by atoms with Gasteiger partial charge in [0.1, 0.15) is 0 Å². The van der Waals surface area contributed by atoms with Crippen LogP contribution < -0.4 is 5.32 Å². The van der Waals surface area contributed by atoms with Crippen LogP contribution in [0.1, 0.15) is 22.3 Å². The molecule has 38 heavy (non-hydrogen) atoms. The lowest BCUT2D eigenvalue weighted by atomic mass is 10.1. The van der Waals surface area contributed by atoms with Gasteiger partial charge in [0.15, 0.2) is 0 Å². The fraction of sp³-hybridized carbons (Fsp3) is 0.214. The lowest BCUT2D eigenvalue weighted by Crippen LogP contribution is -2.27. The summed E-state index contributed by atoms with van der Waals surface area (Å²) < 4.78 is 43.5. The summed E-state index contributed by atoms with van der Waals surface area (Å²) in [6, 6.07) is 18.4. The van der Waals surface area contributed by atoms with Gasteiger partial charge in [0.05, 0.1) is 33.9 Å². The van der Waals surface area contributed by atoms with Gasteiger partial charge in [-0.1, -0.05) is 48.0 Å². The highest BCUT2D eigenvalue weighted by Gasteiger charge is 2.35. The summed E-state index contributed by atoms with van der Waals surface area (Å²) in [5.74, 6) is -0.265. The smallest absolute Gasteiger partial charge is 0.352 e. The molecule has 0 atom stereocenters. The van der Waals surface area contributed by atoms with Crippen LogP contribution in [-0.4, -0.2) is 47.5 Å². The molecule has 2 aromatic heterocycles. The zero-order valence-electron chi connectivity index (χ0n) is 20.8. The molecule has 4 aromatic rings. The number of halogens is 5. The normalized spacial score (nSPS) is 11.3. The van der Waals surface area contributed by atoms with Crippen LogP contribution in [0.3, 0.4) is 0 Å². The highest BCUT2D eigenvalue weighted by molar-refractivity contribution is 6.33. The van der Waals surface area contributed by atoms with Crippen molar-refractivity contribution in [3.8, 4) is 28.2 Å². The van der Waals surface area contributed by atoms with Crippen LogP contribution in [0, 0.1) is 0 Å². The molecule has 0 radical (unpaired) electrons. The van der Waals surface area contributed by atoms with E-state index in [1.165, 1.54) is 16.8 Å². The molecule has 0 aliphatic heterocycles. The summed E-state index contributed by atoms with van der Waals surface area (Å²) in [6.45, 7) is 1.36. The van der Waals surface area contributed by atoms with Crippen LogP contribution in [0.4, 0.5) is 13.2 Å². The van der Waals surface area contributed by atoms with Crippen molar-refractivity contribution >= 4 is 29.9 Å². The summed E-state index contributed by atoms with van der Waals surface area (Å²) in [7, 11) is 3.92. The molecule has 0 bridgehead atoms. The number of rotatable bonds is 8. The topological polar surface area (TPSA) is 50.2 Å². The van der Waals surface area contributed by atoms with Gasteiger partial charge in [-0.2, -0.15) is 13.2 Å². The highest BCUT2D eigenvalue weighted by Crippen LogP contribution is 2.40. The van der Waals surface area contributed by atoms with E-state index in [9.17, 15) is 18.0 Å². The first-order valence-electron chi connectivity index (χ1n) is 11.7. The van der Waals surface area contributed by atoms with Crippen molar-refractivity contribution < 1.29 is 18.0 Å². The average molecular weight is 563 g/mol. The Balaban J connectivity index is 0.00000400. The fourth-order valence-corrected chi connectivity index (χ4v) is 4.39. The molecule has 10 heteroatoms. The van der Waals surface area contributed by atoms with Crippen LogP contribution in [-0.2, 0) is 6.18 Å². The van der Waals surface area contributed by atoms with Crippen LogP contribution >= 0.6 is 24.0 Å². The molecule has 2 aromatic carbocycles. The zero-order valence-corrected chi connectivity index (χ0v) is 22.4. The maximum atomic E-state index is 14.0. The Hall–Kier alpha value is -3.33. The second-order valence-corrected chi connectivity index (χ2v) is 9.21. The van der Waals surface area contributed by atoms with Crippen molar-refractivity contribution in [2.24, 2.45) is 0 Å². The zero-order chi connectivity index (χ0) is 26.6. The number of hydrogen-bond donors (Lipinski definition) is 1. The summed E-state index contributed by atoms with van der Waals surface area (Å²) in [4.78, 5) is 18.6. The summed E-state index contributed by atoms with van der Waals surface area (Å²) >= 11 is 6.62. The van der Waals surface area contributed by atoms with Crippen LogP contribution in [0.15, 0.2) is 79.1 Å². The van der Waals surface area contributed by atoms with E-state index in [0.29, 0.717) is 29.1 Å². The number of alkyl halides is 3. The van der Waals surface area contributed by atoms with E-state index in [1.807, 2.05) is 49.3 Å². The summed E-state index contributed by atoms with van der Waals surface area (Å²) in [6.07, 6.45) is -1.47. The molecule has 4 rings (SSSR count). The third kappa shape index (κ3) is 6.56. The third-order valence-electron chi connectivity index (χ3n) is 5.87. The maximum Gasteiger partial charge on any atom is 0.418 e. The predicted molar refractivity (Wildman–Crippen MR) is 147 cm³/mol. The van der Waals surface area contributed by atoms with Crippen molar-refractivity contribution in [1.29, 1.82) is 0 Å². The van der Waals surface area contributed by atoms with Crippen molar-refractivity contribution in [3.05, 3.63) is 95.3 Å². The monoisotopic (exact) mass is 562 g/mol. The lowest BCUT2D eigenvalue weighted by Gasteiger charge is -2.19. The second-order valence-electron chi connectivity index (χ2n) is 8.80. The van der Waals surface area contributed by atoms with Crippen molar-refractivity contribution in [1.82, 2.24) is 19.8 Å². The van der Waals surface area contributed by atoms with E-state index in [-0.39, 0.29) is 29.0 Å². The molecule has 200 valence electrons. The van der Waals surface area contributed by atoms with Gasteiger partial charge < -0.3 is 14.8 Å². The standard InChI is InChI=1S/C28H26ClF3N4O.ClH/c1-35(2)16-6-14-34-27(37)20-9-10-21(23(29)17-20)25-12-11-24(19-7-4-3-5-8-19)36(25)26-18-33-15-13-22(26)28(30,31)32;/h3-5,7-13,15,17-18H,6,14,16H2,1-2H3,(H,34,37);1H. The van der Waals surface area contributed by atoms with Gasteiger partial charge in [-0.15, -0.1) is 12.4 Å². The minimum Gasteiger partial charge on any atom is -0.352 e. The third-order valence-corrected chi connectivity index (χ3v) is 6.18. The minimum absolute atomic E-state index is 0. The van der Waals surface area contributed by atoms with Crippen LogP contribution in [0.5, 0.6) is 0 Å². The molecule has 0 saturated heterocycles. The number of pyridine rings is 1. The quantitative estimate of drug-likeness (QED) is 0.236. The molecule has 0 unspecified atom stereocenters. The Labute approximate surface area is 230 Å². The van der Waals surface area contributed by atoms with Crippen molar-refractivity contribution in [2.75, 3.05) is 27.2 Å². The second kappa shape index (κ2) is 12.5. The number of amides is 1. The first-order chi connectivity index (χ1) is 17.7. The molecule has 2 heterocycles. The van der Waals surface area contributed by atoms with E-state index >= 15 is 0 Å². The molecular weight excluding hydrogens is 536 g/mol. The van der Waals surface area contributed by atoms with Gasteiger partial charge in [0, 0.05) is 23.9 Å². The molecule has 1 amide bonds. The minimum atomic E-state index is -4.59. The van der Waals surface area contributed by atoms with Gasteiger partial charge in [-0.3, -0.25) is 9.78 Å². The van der Waals surface area contributed by atoms with Crippen molar-refractivity contribution in [3.63, 3.8) is 0 Å². The molecule has 1 N–H and O–H groups in total. The highest BCUT2D eigenvalue weighted by atomic mass is 35.5. The van der Waals surface area contributed by atoms with Gasteiger partial charge in [-0.05, 0) is 63.0 Å². The number of nitrogens with zero attached hydrogens (tertiary/aromatic N) is 3. The SMILES string of the molecule is CN(C)CCCNC(=O)c1ccc(-c2ccc(-c3ccccc3)n2-c2cnccc2C(F)(F)F)c(Cl)c1.Cl. The average Bonchev–Trinajstić information content (AvgIpc) is 3.31. The Morgan fingerprint density at radius 3 is 2.39 bits per heavy atom. The lowest BCUT2D eigenvalue weighted by molar-refractivity contribution is -0.137. The summed E-state index contributed by atoms with van der Waals surface area (Å²) in [5, 5.41) is 3.11. The largest absolute Gasteiger partial charge is 0.418 e. The Kier molecular flexibility index (Phi) is 9.60. The molecule has 0 aliphatic rings. The number of carbonyl (C=O) groups is 1. The number of hydrogen-bond acceptors (Lipinski definition) is 3. The number of benzene rings is 2. The molecular formula is C28H27Cl2F3N4O. The van der Waals surface area contributed by atoms with Crippen molar-refractivity contribution in [2.45, 2.75) is 12.6 Å². The van der Waals surface area contributed by atoms with E-state index in [4.69, 9.17) is 11.6 Å². The van der Waals surface area contributed by atoms with Gasteiger partial charge in [0.2, 0.25) is 0 Å². The summed E-state index contributed by atoms with van der Waals surface area (Å²) in [5.41, 5.74) is 1.65. The number of nitrogens with one attached hydrogen (secondary N) is 1. The molecule has 5 nitrogen and oxygen atoms in total. The molecule has 0 saturated carbocycles. The van der Waals surface area contributed by atoms with Gasteiger partial charge in [0.25, 0.3) is 5.91 Å². The molecule has 0 spiro atoms. The Morgan fingerprint density at radius 1 is 1.03 bits per heavy atom. The Bertz CT molecular complexity index is 1390. The van der Waals surface area contributed by atoms with Crippen LogP contribution in [0.25, 0.3) is 28.2 Å². The van der Waals surface area contributed by atoms with Crippen LogP contribution in [0.2, 0.25) is 5.02 Å². The number of carbonyl (C=O) groups excluding carboxylic acids is 1. The van der Waals surface area contributed by atoms with E-state index < -0.39 is 11.7 Å². The van der Waals surface area contributed by atoms with E-state index in [2.05, 4.69) is 10.3 Å². The Morgan fingerprint density at radius 2 is 1.74 bits per heavy atom. The fourth-order valence-electron chi connectivity index (χ4n) is 4.11. The number of aromatic nitrogens is 2. The molecule has 0 aliphatic carbocycles. The first kappa shape index (κ1) is 29.2. The first-order valence-corrected chi connectivity index (χ1v) is 12.1. The van der Waals surface area contributed by atoms with E-state index in [1.54, 1.807) is 24.3 Å². The van der Waals surface area contributed by atoms with E-state index in [0.717, 1.165) is 30.8 Å². The molecule has 0 fully saturated rings. The van der Waals surface area contributed by atoms with Gasteiger partial charge >= 0.3 is 6.18 Å². The predicted octanol–water partition coefficient (Wildman–Crippen LogP) is 6.98. The maximum absolute atomic E-state index is 14.0. The van der Waals surface area contributed by atoms with Gasteiger partial charge in [-0.25, -0.2) is 0 Å².